The number of benzene rings is 1. The fourth-order valence-electron chi connectivity index (χ4n) is 8.12. The van der Waals surface area contributed by atoms with E-state index in [0.717, 1.165) is 37.8 Å². The van der Waals surface area contributed by atoms with Crippen molar-refractivity contribution in [1.82, 2.24) is 20.0 Å². The monoisotopic (exact) mass is 570 g/mol. The number of hydrogen-bond donors (Lipinski definition) is 1. The van der Waals surface area contributed by atoms with E-state index in [2.05, 4.69) is 10.2 Å². The Labute approximate surface area is 242 Å². The Morgan fingerprint density at radius 3 is 2.20 bits per heavy atom. The Morgan fingerprint density at radius 2 is 1.61 bits per heavy atom. The molecule has 9 heteroatoms. The van der Waals surface area contributed by atoms with E-state index in [9.17, 15) is 23.2 Å². The van der Waals surface area contributed by atoms with Crippen LogP contribution in [0.5, 0.6) is 0 Å². The van der Waals surface area contributed by atoms with Crippen LogP contribution in [0.25, 0.3) is 0 Å². The van der Waals surface area contributed by atoms with Crippen LogP contribution in [0.1, 0.15) is 96.1 Å². The number of nitrogens with one attached hydrogen (secondary N) is 1. The summed E-state index contributed by atoms with van der Waals surface area (Å²) >= 11 is 0. The van der Waals surface area contributed by atoms with Crippen molar-refractivity contribution in [1.29, 1.82) is 0 Å². The minimum absolute atomic E-state index is 0.00661. The van der Waals surface area contributed by atoms with Gasteiger partial charge in [0.1, 0.15) is 5.54 Å². The van der Waals surface area contributed by atoms with Crippen LogP contribution in [0, 0.1) is 11.8 Å². The molecule has 7 nitrogen and oxygen atoms in total. The van der Waals surface area contributed by atoms with Crippen molar-refractivity contribution in [3.63, 3.8) is 0 Å². The van der Waals surface area contributed by atoms with Crippen LogP contribution in [0.2, 0.25) is 0 Å². The largest absolute Gasteiger partial charge is 0.349 e. The lowest BCUT2D eigenvalue weighted by atomic mass is 9.80. The number of urea groups is 1. The molecule has 41 heavy (non-hydrogen) atoms. The predicted molar refractivity (Wildman–Crippen MR) is 151 cm³/mol. The Morgan fingerprint density at radius 1 is 0.976 bits per heavy atom. The Hall–Kier alpha value is -2.55. The summed E-state index contributed by atoms with van der Waals surface area (Å²) in [6, 6.07) is 9.94. The maximum absolute atomic E-state index is 13.9. The predicted octanol–water partition coefficient (Wildman–Crippen LogP) is 5.51. The van der Waals surface area contributed by atoms with Crippen LogP contribution >= 0.6 is 0 Å². The molecule has 0 radical (unpaired) electrons. The van der Waals surface area contributed by atoms with Crippen LogP contribution in [-0.4, -0.2) is 75.2 Å². The van der Waals surface area contributed by atoms with Crippen LogP contribution in [0.3, 0.4) is 0 Å². The second-order valence-corrected chi connectivity index (χ2v) is 13.6. The van der Waals surface area contributed by atoms with Crippen molar-refractivity contribution in [2.24, 2.45) is 11.8 Å². The first kappa shape index (κ1) is 28.6. The van der Waals surface area contributed by atoms with Gasteiger partial charge >= 0.3 is 6.03 Å². The first-order chi connectivity index (χ1) is 19.6. The molecule has 5 aliphatic rings. The number of amides is 4. The second kappa shape index (κ2) is 10.9. The lowest BCUT2D eigenvalue weighted by Crippen LogP contribution is -2.61. The van der Waals surface area contributed by atoms with E-state index in [0.29, 0.717) is 31.7 Å². The average Bonchev–Trinajstić information content (AvgIpc) is 3.69. The van der Waals surface area contributed by atoms with Gasteiger partial charge in [-0.3, -0.25) is 19.4 Å². The zero-order chi connectivity index (χ0) is 28.9. The minimum atomic E-state index is -2.66. The first-order valence-electron chi connectivity index (χ1n) is 15.7. The third kappa shape index (κ3) is 5.51. The number of halogens is 2. The summed E-state index contributed by atoms with van der Waals surface area (Å²) in [5.41, 5.74) is 0.263. The molecule has 6 rings (SSSR count). The molecule has 3 heterocycles. The Kier molecular flexibility index (Phi) is 7.62. The Bertz CT molecular complexity index is 1130. The summed E-state index contributed by atoms with van der Waals surface area (Å²) in [7, 11) is 0. The quantitative estimate of drug-likeness (QED) is 0.398. The number of piperidine rings is 1. The smallest absolute Gasteiger partial charge is 0.327 e. The molecule has 224 valence electrons. The van der Waals surface area contributed by atoms with E-state index in [-0.39, 0.29) is 73.6 Å². The third-order valence-electron chi connectivity index (χ3n) is 10.4. The van der Waals surface area contributed by atoms with Gasteiger partial charge in [-0.05, 0) is 83.1 Å². The highest BCUT2D eigenvalue weighted by molar-refractivity contribution is 6.07. The van der Waals surface area contributed by atoms with Gasteiger partial charge in [0, 0.05) is 50.0 Å². The van der Waals surface area contributed by atoms with Gasteiger partial charge in [0.05, 0.1) is 6.04 Å². The lowest BCUT2D eigenvalue weighted by molar-refractivity contribution is -0.138. The highest BCUT2D eigenvalue weighted by atomic mass is 19.3. The first-order valence-corrected chi connectivity index (χ1v) is 15.7. The number of imide groups is 1. The molecule has 4 amide bonds. The normalized spacial score (nSPS) is 31.0. The van der Waals surface area contributed by atoms with E-state index in [1.54, 1.807) is 4.90 Å². The van der Waals surface area contributed by atoms with Crippen LogP contribution in [0.4, 0.5) is 13.6 Å². The van der Waals surface area contributed by atoms with Gasteiger partial charge in [0.15, 0.2) is 0 Å². The zero-order valence-electron chi connectivity index (χ0n) is 24.4. The van der Waals surface area contributed by atoms with Crippen molar-refractivity contribution in [3.8, 4) is 0 Å². The molecule has 3 aliphatic heterocycles. The van der Waals surface area contributed by atoms with Crippen LogP contribution in [0.15, 0.2) is 30.3 Å². The highest BCUT2D eigenvalue weighted by Gasteiger charge is 2.63. The summed E-state index contributed by atoms with van der Waals surface area (Å²) in [4.78, 5) is 46.5. The molecule has 3 saturated heterocycles. The number of nitrogens with zero attached hydrogens (tertiary/aromatic N) is 3. The number of rotatable bonds is 9. The molecule has 0 aromatic heterocycles. The van der Waals surface area contributed by atoms with Crippen molar-refractivity contribution in [2.45, 2.75) is 120 Å². The van der Waals surface area contributed by atoms with Gasteiger partial charge in [-0.2, -0.15) is 0 Å². The molecule has 1 spiro atoms. The molecule has 4 atom stereocenters. The maximum Gasteiger partial charge on any atom is 0.327 e. The number of carbonyl (C=O) groups excluding carboxylic acids is 3. The Balaban J connectivity index is 1.15. The molecule has 5 fully saturated rings. The van der Waals surface area contributed by atoms with Crippen LogP contribution < -0.4 is 5.32 Å². The summed E-state index contributed by atoms with van der Waals surface area (Å²) < 4.78 is 27.4. The number of hydrogen-bond acceptors (Lipinski definition) is 4. The van der Waals surface area contributed by atoms with Gasteiger partial charge in [-0.25, -0.2) is 13.6 Å². The SMILES string of the molecule is CC(C)N1C(=O)N(CC2CC2)C(=O)C12CC1CC[C@H](C2)N1CC[C@H](NC(=O)C1CCC(F)(F)CC1)c1ccccc1. The minimum Gasteiger partial charge on any atom is -0.349 e. The van der Waals surface area contributed by atoms with Crippen molar-refractivity contribution < 1.29 is 23.2 Å². The van der Waals surface area contributed by atoms with E-state index in [1.807, 2.05) is 49.1 Å². The van der Waals surface area contributed by atoms with Crippen LogP contribution in [-0.2, 0) is 9.59 Å². The number of carbonyl (C=O) groups is 3. The van der Waals surface area contributed by atoms with E-state index in [1.165, 1.54) is 0 Å². The van der Waals surface area contributed by atoms with E-state index < -0.39 is 11.5 Å². The zero-order valence-corrected chi connectivity index (χ0v) is 24.4. The standard InChI is InChI=1S/C32H44F2N4O3/c1-21(2)38-30(41)37(20-22-8-9-22)29(40)31(38)18-25-10-11-26(19-31)36(25)17-14-27(23-6-4-3-5-7-23)35-28(39)24-12-15-32(33,34)16-13-24/h3-7,21-22,24-27H,8-20H2,1-2H3,(H,35,39)/t25-,26?,27+,31?/m1/s1. The summed E-state index contributed by atoms with van der Waals surface area (Å²) in [6.45, 7) is 5.35. The molecule has 2 unspecified atom stereocenters. The molecule has 1 N–H and O–H groups in total. The van der Waals surface area contributed by atoms with Gasteiger partial charge in [-0.1, -0.05) is 30.3 Å². The summed E-state index contributed by atoms with van der Waals surface area (Å²) in [6.07, 6.45) is 6.19. The third-order valence-corrected chi connectivity index (χ3v) is 10.4. The van der Waals surface area contributed by atoms with Gasteiger partial charge < -0.3 is 10.2 Å². The summed E-state index contributed by atoms with van der Waals surface area (Å²) in [5.74, 6) is -2.70. The van der Waals surface area contributed by atoms with Crippen molar-refractivity contribution >= 4 is 17.8 Å². The second-order valence-electron chi connectivity index (χ2n) is 13.6. The molecule has 2 bridgehead atoms. The topological polar surface area (TPSA) is 73.0 Å². The van der Waals surface area contributed by atoms with E-state index >= 15 is 0 Å². The number of fused-ring (bicyclic) bond motifs is 2. The lowest BCUT2D eigenvalue weighted by Gasteiger charge is -2.48. The van der Waals surface area contributed by atoms with Crippen molar-refractivity contribution in [3.05, 3.63) is 35.9 Å². The summed E-state index contributed by atoms with van der Waals surface area (Å²) in [5, 5.41) is 3.21. The van der Waals surface area contributed by atoms with E-state index in [4.69, 9.17) is 0 Å². The molecule has 2 saturated carbocycles. The molecule has 1 aromatic rings. The van der Waals surface area contributed by atoms with Crippen molar-refractivity contribution in [2.75, 3.05) is 13.1 Å². The van der Waals surface area contributed by atoms with Gasteiger partial charge in [0.25, 0.3) is 5.91 Å². The fourth-order valence-corrected chi connectivity index (χ4v) is 8.12. The average molecular weight is 571 g/mol. The molecule has 1 aromatic carbocycles. The maximum atomic E-state index is 13.9. The molecular formula is C32H44F2N4O3. The van der Waals surface area contributed by atoms with Gasteiger partial charge in [0.2, 0.25) is 11.8 Å². The highest BCUT2D eigenvalue weighted by Crippen LogP contribution is 2.49. The number of alkyl halides is 2. The van der Waals surface area contributed by atoms with Gasteiger partial charge in [-0.15, -0.1) is 0 Å². The molecular weight excluding hydrogens is 526 g/mol. The fraction of sp³-hybridized carbons (Fsp3) is 0.719. The molecule has 2 aliphatic carbocycles.